The number of rotatable bonds is 5. The van der Waals surface area contributed by atoms with Crippen molar-refractivity contribution in [1.29, 1.82) is 0 Å². The van der Waals surface area contributed by atoms with Crippen LogP contribution in [0.25, 0.3) is 11.0 Å². The highest BCUT2D eigenvalue weighted by molar-refractivity contribution is 5.80. The summed E-state index contributed by atoms with van der Waals surface area (Å²) in [5.41, 5.74) is 4.12. The van der Waals surface area contributed by atoms with Crippen LogP contribution in [0.3, 0.4) is 0 Å². The van der Waals surface area contributed by atoms with Crippen molar-refractivity contribution in [3.8, 4) is 0 Å². The van der Waals surface area contributed by atoms with Crippen LogP contribution in [-0.4, -0.2) is 46.2 Å². The maximum Gasteiger partial charge on any atom is 0.323 e. The lowest BCUT2D eigenvalue weighted by molar-refractivity contribution is -0.137. The topological polar surface area (TPSA) is 58.4 Å². The summed E-state index contributed by atoms with van der Waals surface area (Å²) >= 11 is 0. The summed E-state index contributed by atoms with van der Waals surface area (Å²) in [6, 6.07) is 4.06. The van der Waals surface area contributed by atoms with Crippen molar-refractivity contribution >= 4 is 17.0 Å². The fourth-order valence-electron chi connectivity index (χ4n) is 2.26. The maximum atomic E-state index is 11.1. The molecule has 2 aromatic rings. The van der Waals surface area contributed by atoms with E-state index in [1.807, 2.05) is 44.6 Å². The normalized spacial score (nSPS) is 11.4. The summed E-state index contributed by atoms with van der Waals surface area (Å²) in [5, 5.41) is 9.11. The third-order valence-electron chi connectivity index (χ3n) is 3.52. The summed E-state index contributed by atoms with van der Waals surface area (Å²) in [7, 11) is 4.00. The number of carbonyl (C=O) groups is 1. The molecule has 0 aliphatic heterocycles. The zero-order valence-corrected chi connectivity index (χ0v) is 12.5. The maximum absolute atomic E-state index is 11.1. The quantitative estimate of drug-likeness (QED) is 0.904. The number of likely N-dealkylation sites (N-methyl/N-ethyl adjacent to an activating group) is 1. The smallest absolute Gasteiger partial charge is 0.323 e. The molecule has 1 N–H and O–H groups in total. The largest absolute Gasteiger partial charge is 0.480 e. The zero-order valence-electron chi connectivity index (χ0n) is 12.5. The number of aromatic nitrogens is 2. The Hall–Kier alpha value is -1.88. The minimum Gasteiger partial charge on any atom is -0.480 e. The van der Waals surface area contributed by atoms with E-state index < -0.39 is 5.97 Å². The summed E-state index contributed by atoms with van der Waals surface area (Å²) in [6.07, 6.45) is 0.743. The standard InChI is InChI=1S/C15H21N3O2/c1-10-7-12-13(8-11(10)2)18(9-15(19)20)14(16-12)5-6-17(3)4/h7-8H,5-6,9H2,1-4H3,(H,19,20). The first-order valence-corrected chi connectivity index (χ1v) is 6.71. The molecule has 0 atom stereocenters. The lowest BCUT2D eigenvalue weighted by Crippen LogP contribution is -2.19. The van der Waals surface area contributed by atoms with Crippen molar-refractivity contribution in [2.24, 2.45) is 0 Å². The van der Waals surface area contributed by atoms with Crippen LogP contribution in [0.5, 0.6) is 0 Å². The van der Waals surface area contributed by atoms with Crippen molar-refractivity contribution in [3.05, 3.63) is 29.1 Å². The fourth-order valence-corrected chi connectivity index (χ4v) is 2.26. The molecule has 0 fully saturated rings. The lowest BCUT2D eigenvalue weighted by atomic mass is 10.1. The van der Waals surface area contributed by atoms with Crippen LogP contribution in [0.4, 0.5) is 0 Å². The molecule has 0 aliphatic rings. The Morgan fingerprint density at radius 3 is 2.55 bits per heavy atom. The van der Waals surface area contributed by atoms with Gasteiger partial charge in [-0.2, -0.15) is 0 Å². The van der Waals surface area contributed by atoms with Crippen molar-refractivity contribution < 1.29 is 9.90 Å². The van der Waals surface area contributed by atoms with E-state index in [2.05, 4.69) is 9.88 Å². The monoisotopic (exact) mass is 275 g/mol. The summed E-state index contributed by atoms with van der Waals surface area (Å²) < 4.78 is 1.81. The van der Waals surface area contributed by atoms with E-state index in [0.717, 1.165) is 35.4 Å². The first kappa shape index (κ1) is 14.5. The number of imidazole rings is 1. The Morgan fingerprint density at radius 2 is 1.95 bits per heavy atom. The number of carboxylic acids is 1. The van der Waals surface area contributed by atoms with Crippen molar-refractivity contribution in [2.75, 3.05) is 20.6 Å². The highest BCUT2D eigenvalue weighted by atomic mass is 16.4. The first-order chi connectivity index (χ1) is 9.38. The van der Waals surface area contributed by atoms with Crippen LogP contribution in [0.2, 0.25) is 0 Å². The minimum absolute atomic E-state index is 0.0399. The van der Waals surface area contributed by atoms with Gasteiger partial charge < -0.3 is 14.6 Å². The third-order valence-corrected chi connectivity index (χ3v) is 3.52. The van der Waals surface area contributed by atoms with E-state index in [0.29, 0.717) is 0 Å². The van der Waals surface area contributed by atoms with E-state index in [4.69, 9.17) is 5.11 Å². The second-order valence-corrected chi connectivity index (χ2v) is 5.49. The van der Waals surface area contributed by atoms with Gasteiger partial charge in [0.1, 0.15) is 12.4 Å². The molecule has 0 radical (unpaired) electrons. The predicted molar refractivity (Wildman–Crippen MR) is 79.1 cm³/mol. The van der Waals surface area contributed by atoms with Crippen LogP contribution in [0.15, 0.2) is 12.1 Å². The molecule has 1 aromatic carbocycles. The summed E-state index contributed by atoms with van der Waals surface area (Å²) in [4.78, 5) is 17.8. The molecule has 0 bridgehead atoms. The van der Waals surface area contributed by atoms with E-state index in [1.165, 1.54) is 5.56 Å². The second kappa shape index (κ2) is 5.63. The molecule has 0 aliphatic carbocycles. The molecule has 5 nitrogen and oxygen atoms in total. The number of nitrogens with zero attached hydrogens (tertiary/aromatic N) is 3. The minimum atomic E-state index is -0.839. The van der Waals surface area contributed by atoms with Gasteiger partial charge in [0.05, 0.1) is 11.0 Å². The molecule has 0 spiro atoms. The van der Waals surface area contributed by atoms with Crippen molar-refractivity contribution in [1.82, 2.24) is 14.5 Å². The van der Waals surface area contributed by atoms with Gasteiger partial charge in [0.25, 0.3) is 0 Å². The third kappa shape index (κ3) is 2.99. The summed E-state index contributed by atoms with van der Waals surface area (Å²) in [6.45, 7) is 4.89. The Bertz CT molecular complexity index is 644. The molecule has 1 heterocycles. The molecule has 5 heteroatoms. The number of aryl methyl sites for hydroxylation is 2. The lowest BCUT2D eigenvalue weighted by Gasteiger charge is -2.10. The SMILES string of the molecule is Cc1cc2nc(CCN(C)C)n(CC(=O)O)c2cc1C. The van der Waals surface area contributed by atoms with Crippen molar-refractivity contribution in [3.63, 3.8) is 0 Å². The highest BCUT2D eigenvalue weighted by Gasteiger charge is 2.14. The van der Waals surface area contributed by atoms with Gasteiger partial charge in [-0.05, 0) is 51.2 Å². The fraction of sp³-hybridized carbons (Fsp3) is 0.467. The van der Waals surface area contributed by atoms with Crippen LogP contribution in [-0.2, 0) is 17.8 Å². The molecular weight excluding hydrogens is 254 g/mol. The molecule has 0 saturated carbocycles. The Morgan fingerprint density at radius 1 is 1.30 bits per heavy atom. The van der Waals surface area contributed by atoms with E-state index in [1.54, 1.807) is 0 Å². The molecule has 2 rings (SSSR count). The number of aliphatic carboxylic acids is 1. The van der Waals surface area contributed by atoms with Crippen LogP contribution in [0.1, 0.15) is 17.0 Å². The second-order valence-electron chi connectivity index (χ2n) is 5.49. The molecule has 0 unspecified atom stereocenters. The molecular formula is C15H21N3O2. The summed E-state index contributed by atoms with van der Waals surface area (Å²) in [5.74, 6) is -0.00488. The molecule has 0 saturated heterocycles. The van der Waals surface area contributed by atoms with Gasteiger partial charge in [-0.1, -0.05) is 0 Å². The Kier molecular flexibility index (Phi) is 4.09. The van der Waals surface area contributed by atoms with E-state index in [-0.39, 0.29) is 6.54 Å². The average Bonchev–Trinajstić information content (AvgIpc) is 2.65. The highest BCUT2D eigenvalue weighted by Crippen LogP contribution is 2.21. The van der Waals surface area contributed by atoms with Crippen LogP contribution in [0, 0.1) is 13.8 Å². The molecule has 1 aromatic heterocycles. The number of fused-ring (bicyclic) bond motifs is 1. The van der Waals surface area contributed by atoms with E-state index >= 15 is 0 Å². The Labute approximate surface area is 118 Å². The van der Waals surface area contributed by atoms with Gasteiger partial charge in [-0.15, -0.1) is 0 Å². The van der Waals surface area contributed by atoms with Gasteiger partial charge in [0.15, 0.2) is 0 Å². The van der Waals surface area contributed by atoms with Crippen LogP contribution >= 0.6 is 0 Å². The van der Waals surface area contributed by atoms with Gasteiger partial charge in [0, 0.05) is 13.0 Å². The molecule has 20 heavy (non-hydrogen) atoms. The van der Waals surface area contributed by atoms with Crippen molar-refractivity contribution in [2.45, 2.75) is 26.8 Å². The van der Waals surface area contributed by atoms with Gasteiger partial charge >= 0.3 is 5.97 Å². The number of hydrogen-bond donors (Lipinski definition) is 1. The van der Waals surface area contributed by atoms with Gasteiger partial charge in [-0.3, -0.25) is 4.79 Å². The number of carboxylic acid groups (broad SMARTS) is 1. The molecule has 0 amide bonds. The van der Waals surface area contributed by atoms with E-state index in [9.17, 15) is 4.79 Å². The average molecular weight is 275 g/mol. The van der Waals surface area contributed by atoms with Crippen LogP contribution < -0.4 is 0 Å². The molecule has 108 valence electrons. The van der Waals surface area contributed by atoms with Gasteiger partial charge in [0.2, 0.25) is 0 Å². The number of hydrogen-bond acceptors (Lipinski definition) is 3. The first-order valence-electron chi connectivity index (χ1n) is 6.71. The predicted octanol–water partition coefficient (Wildman–Crippen LogP) is 1.84. The van der Waals surface area contributed by atoms with Gasteiger partial charge in [-0.25, -0.2) is 4.98 Å². The Balaban J connectivity index is 2.51. The zero-order chi connectivity index (χ0) is 14.9. The number of benzene rings is 1.